The molecule has 0 bridgehead atoms. The number of unbranched alkanes of at least 4 members (excludes halogenated alkanes) is 1. The number of rotatable bonds is 3. The highest BCUT2D eigenvalue weighted by Gasteiger charge is 2.15. The summed E-state index contributed by atoms with van der Waals surface area (Å²) in [5, 5.41) is 0. The Morgan fingerprint density at radius 1 is 1.42 bits per heavy atom. The summed E-state index contributed by atoms with van der Waals surface area (Å²) in [5.74, 6) is 1.01. The Morgan fingerprint density at radius 3 is 2.75 bits per heavy atom. The molecular weight excluding hydrogens is 153 g/mol. The van der Waals surface area contributed by atoms with Gasteiger partial charge in [-0.1, -0.05) is 19.8 Å². The topological polar surface area (TPSA) is 3.24 Å². The van der Waals surface area contributed by atoms with Crippen molar-refractivity contribution in [1.29, 1.82) is 0 Å². The van der Waals surface area contributed by atoms with E-state index >= 15 is 0 Å². The highest BCUT2D eigenvalue weighted by Crippen LogP contribution is 2.20. The Kier molecular flexibility index (Phi) is 6.35. The van der Waals surface area contributed by atoms with Crippen molar-refractivity contribution < 1.29 is 4.70 Å². The van der Waals surface area contributed by atoms with E-state index in [1.807, 2.05) is 0 Å². The van der Waals surface area contributed by atoms with E-state index in [9.17, 15) is 0 Å². The molecule has 0 aromatic rings. The van der Waals surface area contributed by atoms with Gasteiger partial charge in [0.2, 0.25) is 0 Å². The molecule has 0 aromatic heterocycles. The monoisotopic (exact) mass is 175 g/mol. The minimum Gasteiger partial charge on any atom is -0.306 e. The maximum Gasteiger partial charge on any atom is 0.000661 e. The van der Waals surface area contributed by atoms with E-state index in [1.54, 1.807) is 0 Å². The Balaban J connectivity index is 0.00000121. The van der Waals surface area contributed by atoms with Crippen LogP contribution in [0.4, 0.5) is 4.70 Å². The van der Waals surface area contributed by atoms with Crippen LogP contribution in [0, 0.1) is 5.92 Å². The number of hydrogen-bond donors (Lipinski definition) is 0. The van der Waals surface area contributed by atoms with Crippen molar-refractivity contribution in [2.75, 3.05) is 20.1 Å². The van der Waals surface area contributed by atoms with Crippen molar-refractivity contribution >= 4 is 0 Å². The highest BCUT2D eigenvalue weighted by atomic mass is 19.0. The first-order chi connectivity index (χ1) is 5.33. The minimum atomic E-state index is 0. The summed E-state index contributed by atoms with van der Waals surface area (Å²) in [4.78, 5) is 2.48. The van der Waals surface area contributed by atoms with Crippen molar-refractivity contribution in [2.24, 2.45) is 5.92 Å². The second-order valence-corrected chi connectivity index (χ2v) is 3.91. The van der Waals surface area contributed by atoms with E-state index in [2.05, 4.69) is 18.9 Å². The van der Waals surface area contributed by atoms with Crippen molar-refractivity contribution in [3.05, 3.63) is 0 Å². The standard InChI is InChI=1S/C10H21N.FH/c1-3-4-6-10-7-5-8-11(2)9-10;/h10H,3-9H2,1-2H3;1H. The fourth-order valence-electron chi connectivity index (χ4n) is 2.00. The fraction of sp³-hybridized carbons (Fsp3) is 1.00. The fourth-order valence-corrected chi connectivity index (χ4v) is 2.00. The SMILES string of the molecule is CCCCC1CCCN(C)C1.F. The van der Waals surface area contributed by atoms with Gasteiger partial charge >= 0.3 is 0 Å². The molecule has 1 heterocycles. The van der Waals surface area contributed by atoms with Gasteiger partial charge in [-0.25, -0.2) is 0 Å². The summed E-state index contributed by atoms with van der Waals surface area (Å²) in [6.07, 6.45) is 7.15. The third-order valence-corrected chi connectivity index (χ3v) is 2.69. The van der Waals surface area contributed by atoms with Gasteiger partial charge in [-0.2, -0.15) is 0 Å². The molecule has 12 heavy (non-hydrogen) atoms. The predicted octanol–water partition coefficient (Wildman–Crippen LogP) is 2.67. The minimum absolute atomic E-state index is 0. The molecule has 0 N–H and O–H groups in total. The maximum atomic E-state index is 2.48. The molecule has 2 heteroatoms. The van der Waals surface area contributed by atoms with Crippen LogP contribution in [0.25, 0.3) is 0 Å². The summed E-state index contributed by atoms with van der Waals surface area (Å²) >= 11 is 0. The first-order valence-electron chi connectivity index (χ1n) is 5.01. The average molecular weight is 175 g/mol. The molecule has 0 radical (unpaired) electrons. The van der Waals surface area contributed by atoms with Gasteiger partial charge in [-0.3, -0.25) is 4.70 Å². The third-order valence-electron chi connectivity index (χ3n) is 2.69. The molecule has 0 spiro atoms. The van der Waals surface area contributed by atoms with E-state index in [0.29, 0.717) is 0 Å². The lowest BCUT2D eigenvalue weighted by Crippen LogP contribution is -2.31. The first-order valence-corrected chi connectivity index (χ1v) is 5.01. The van der Waals surface area contributed by atoms with Crippen molar-refractivity contribution in [3.63, 3.8) is 0 Å². The Bertz CT molecular complexity index is 106. The van der Waals surface area contributed by atoms with E-state index in [-0.39, 0.29) is 4.70 Å². The van der Waals surface area contributed by atoms with Gasteiger partial charge in [0.25, 0.3) is 0 Å². The zero-order chi connectivity index (χ0) is 8.10. The Labute approximate surface area is 75.5 Å². The van der Waals surface area contributed by atoms with Crippen LogP contribution >= 0.6 is 0 Å². The lowest BCUT2D eigenvalue weighted by atomic mass is 9.93. The maximum absolute atomic E-state index is 2.48. The van der Waals surface area contributed by atoms with Gasteiger partial charge in [0.1, 0.15) is 0 Å². The molecule has 1 fully saturated rings. The number of piperidine rings is 1. The molecule has 0 amide bonds. The second kappa shape index (κ2) is 6.41. The van der Waals surface area contributed by atoms with E-state index in [1.165, 1.54) is 45.2 Å². The van der Waals surface area contributed by atoms with Gasteiger partial charge in [-0.05, 0) is 38.8 Å². The summed E-state index contributed by atoms with van der Waals surface area (Å²) in [5.41, 5.74) is 0. The van der Waals surface area contributed by atoms with Crippen LogP contribution < -0.4 is 0 Å². The van der Waals surface area contributed by atoms with Gasteiger partial charge in [0.15, 0.2) is 0 Å². The van der Waals surface area contributed by atoms with Gasteiger partial charge in [0.05, 0.1) is 0 Å². The third kappa shape index (κ3) is 4.05. The van der Waals surface area contributed by atoms with Crippen LogP contribution in [0.3, 0.4) is 0 Å². The molecule has 1 unspecified atom stereocenters. The lowest BCUT2D eigenvalue weighted by molar-refractivity contribution is 0.200. The lowest BCUT2D eigenvalue weighted by Gasteiger charge is -2.29. The van der Waals surface area contributed by atoms with Crippen LogP contribution in [0.15, 0.2) is 0 Å². The normalized spacial score (nSPS) is 25.0. The number of nitrogens with zero attached hydrogens (tertiary/aromatic N) is 1. The first kappa shape index (κ1) is 11.9. The molecule has 1 nitrogen and oxygen atoms in total. The van der Waals surface area contributed by atoms with Crippen LogP contribution in [0.5, 0.6) is 0 Å². The largest absolute Gasteiger partial charge is 0.306 e. The van der Waals surface area contributed by atoms with E-state index < -0.39 is 0 Å². The molecule has 1 rings (SSSR count). The van der Waals surface area contributed by atoms with Crippen LogP contribution in [0.2, 0.25) is 0 Å². The molecule has 0 aliphatic carbocycles. The van der Waals surface area contributed by atoms with Crippen molar-refractivity contribution in [1.82, 2.24) is 4.90 Å². The predicted molar refractivity (Wildman–Crippen MR) is 52.2 cm³/mol. The van der Waals surface area contributed by atoms with Crippen LogP contribution in [-0.2, 0) is 0 Å². The summed E-state index contributed by atoms with van der Waals surface area (Å²) in [7, 11) is 2.25. The highest BCUT2D eigenvalue weighted by molar-refractivity contribution is 4.69. The summed E-state index contributed by atoms with van der Waals surface area (Å²) in [6.45, 7) is 4.95. The second-order valence-electron chi connectivity index (χ2n) is 3.91. The molecule has 1 aliphatic heterocycles. The number of likely N-dealkylation sites (tertiary alicyclic amines) is 1. The molecule has 1 saturated heterocycles. The van der Waals surface area contributed by atoms with Crippen LogP contribution in [-0.4, -0.2) is 25.0 Å². The Morgan fingerprint density at radius 2 is 2.17 bits per heavy atom. The quantitative estimate of drug-likeness (QED) is 0.637. The smallest absolute Gasteiger partial charge is 0.000661 e. The number of hydrogen-bond acceptors (Lipinski definition) is 1. The zero-order valence-corrected chi connectivity index (χ0v) is 8.38. The summed E-state index contributed by atoms with van der Waals surface area (Å²) < 4.78 is 0. The van der Waals surface area contributed by atoms with Gasteiger partial charge in [-0.15, -0.1) is 0 Å². The molecular formula is C10H22FN. The number of halogens is 1. The van der Waals surface area contributed by atoms with E-state index in [4.69, 9.17) is 0 Å². The summed E-state index contributed by atoms with van der Waals surface area (Å²) in [6, 6.07) is 0. The molecule has 74 valence electrons. The molecule has 1 aliphatic rings. The average Bonchev–Trinajstić information content (AvgIpc) is 2.01. The molecule has 0 saturated carbocycles. The van der Waals surface area contributed by atoms with Gasteiger partial charge in [0, 0.05) is 6.54 Å². The van der Waals surface area contributed by atoms with Crippen molar-refractivity contribution in [2.45, 2.75) is 39.0 Å². The zero-order valence-electron chi connectivity index (χ0n) is 8.38. The van der Waals surface area contributed by atoms with Crippen LogP contribution in [0.1, 0.15) is 39.0 Å². The van der Waals surface area contributed by atoms with Crippen molar-refractivity contribution in [3.8, 4) is 0 Å². The molecule has 1 atom stereocenters. The molecule has 0 aromatic carbocycles. The Hall–Kier alpha value is -0.110. The van der Waals surface area contributed by atoms with Gasteiger partial charge < -0.3 is 4.90 Å². The van der Waals surface area contributed by atoms with E-state index in [0.717, 1.165) is 5.92 Å².